The second-order valence-corrected chi connectivity index (χ2v) is 5.44. The van der Waals surface area contributed by atoms with Crippen molar-refractivity contribution in [2.75, 3.05) is 12.4 Å². The lowest BCUT2D eigenvalue weighted by Gasteiger charge is -2.07. The second kappa shape index (κ2) is 4.18. The molecular weight excluding hydrogens is 252 g/mol. The van der Waals surface area contributed by atoms with E-state index in [1.54, 1.807) is 7.05 Å². The lowest BCUT2D eigenvalue weighted by atomic mass is 10.1. The molecule has 1 amide bonds. The Kier molecular flexibility index (Phi) is 2.44. The molecule has 1 aromatic carbocycles. The molecule has 4 rings (SSSR count). The van der Waals surface area contributed by atoms with Crippen LogP contribution in [0, 0.1) is 0 Å². The normalized spacial score (nSPS) is 20.9. The molecule has 102 valence electrons. The van der Waals surface area contributed by atoms with Crippen LogP contribution >= 0.6 is 0 Å². The summed E-state index contributed by atoms with van der Waals surface area (Å²) in [5.74, 6) is 0.651. The number of nitrogens with zero attached hydrogens (tertiary/aromatic N) is 2. The molecule has 20 heavy (non-hydrogen) atoms. The van der Waals surface area contributed by atoms with Crippen LogP contribution < -0.4 is 10.6 Å². The van der Waals surface area contributed by atoms with Gasteiger partial charge in [0.15, 0.2) is 0 Å². The summed E-state index contributed by atoms with van der Waals surface area (Å²) in [5.41, 5.74) is 4.02. The fourth-order valence-corrected chi connectivity index (χ4v) is 2.76. The summed E-state index contributed by atoms with van der Waals surface area (Å²) < 4.78 is 1.88. The first-order valence-electron chi connectivity index (χ1n) is 6.94. The topological polar surface area (TPSA) is 59.0 Å². The standard InChI is InChI=1S/C15H16N4O/c1-16-14-11-5-4-10(8-13(11)17-15(14)20)19-7-6-12(18-19)9-2-3-9/h4-9,14,16H,2-3H2,1H3,(H,17,20). The zero-order valence-electron chi connectivity index (χ0n) is 11.3. The summed E-state index contributed by atoms with van der Waals surface area (Å²) in [4.78, 5) is 11.8. The summed E-state index contributed by atoms with van der Waals surface area (Å²) >= 11 is 0. The maximum atomic E-state index is 11.8. The molecule has 0 bridgehead atoms. The highest BCUT2D eigenvalue weighted by Crippen LogP contribution is 2.39. The van der Waals surface area contributed by atoms with E-state index in [9.17, 15) is 4.79 Å². The molecule has 1 saturated carbocycles. The van der Waals surface area contributed by atoms with E-state index in [1.807, 2.05) is 29.1 Å². The predicted octanol–water partition coefficient (Wildman–Crippen LogP) is 1.96. The molecule has 1 fully saturated rings. The van der Waals surface area contributed by atoms with E-state index < -0.39 is 0 Å². The van der Waals surface area contributed by atoms with Crippen LogP contribution in [0.1, 0.15) is 36.1 Å². The van der Waals surface area contributed by atoms with Gasteiger partial charge in [-0.2, -0.15) is 5.10 Å². The molecule has 1 atom stereocenters. The summed E-state index contributed by atoms with van der Waals surface area (Å²) in [6, 6.07) is 7.81. The van der Waals surface area contributed by atoms with Crippen LogP contribution in [0.4, 0.5) is 5.69 Å². The van der Waals surface area contributed by atoms with Gasteiger partial charge in [0, 0.05) is 23.4 Å². The molecule has 1 aromatic heterocycles. The Bertz CT molecular complexity index is 687. The number of fused-ring (bicyclic) bond motifs is 1. The molecule has 0 radical (unpaired) electrons. The maximum absolute atomic E-state index is 11.8. The van der Waals surface area contributed by atoms with Crippen molar-refractivity contribution in [1.82, 2.24) is 15.1 Å². The highest BCUT2D eigenvalue weighted by molar-refractivity contribution is 6.02. The van der Waals surface area contributed by atoms with Crippen molar-refractivity contribution >= 4 is 11.6 Å². The van der Waals surface area contributed by atoms with Crippen LogP contribution in [0.25, 0.3) is 5.69 Å². The molecule has 2 heterocycles. The number of amides is 1. The highest BCUT2D eigenvalue weighted by Gasteiger charge is 2.29. The molecule has 5 heteroatoms. The van der Waals surface area contributed by atoms with E-state index in [-0.39, 0.29) is 11.9 Å². The Labute approximate surface area is 117 Å². The number of anilines is 1. The van der Waals surface area contributed by atoms with Gasteiger partial charge in [0.1, 0.15) is 6.04 Å². The third kappa shape index (κ3) is 1.74. The SMILES string of the molecule is CNC1C(=O)Nc2cc(-n3ccc(C4CC4)n3)ccc21. The van der Waals surface area contributed by atoms with Crippen LogP contribution in [-0.2, 0) is 4.79 Å². The average molecular weight is 268 g/mol. The van der Waals surface area contributed by atoms with Crippen molar-refractivity contribution in [3.05, 3.63) is 41.7 Å². The fourth-order valence-electron chi connectivity index (χ4n) is 2.76. The van der Waals surface area contributed by atoms with Crippen LogP contribution in [0.15, 0.2) is 30.5 Å². The number of hydrogen-bond acceptors (Lipinski definition) is 3. The molecule has 2 aromatic rings. The third-order valence-electron chi connectivity index (χ3n) is 4.03. The Morgan fingerprint density at radius 1 is 1.35 bits per heavy atom. The van der Waals surface area contributed by atoms with Crippen molar-refractivity contribution < 1.29 is 4.79 Å². The molecule has 5 nitrogen and oxygen atoms in total. The lowest BCUT2D eigenvalue weighted by molar-refractivity contribution is -0.117. The van der Waals surface area contributed by atoms with Gasteiger partial charge in [0.2, 0.25) is 5.91 Å². The monoisotopic (exact) mass is 268 g/mol. The maximum Gasteiger partial charge on any atom is 0.246 e. The smallest absolute Gasteiger partial charge is 0.246 e. The number of hydrogen-bond donors (Lipinski definition) is 2. The summed E-state index contributed by atoms with van der Waals surface area (Å²) in [5, 5.41) is 10.5. The van der Waals surface area contributed by atoms with Gasteiger partial charge >= 0.3 is 0 Å². The zero-order valence-corrected chi connectivity index (χ0v) is 11.3. The Hall–Kier alpha value is -2.14. The zero-order chi connectivity index (χ0) is 13.7. The van der Waals surface area contributed by atoms with Crippen molar-refractivity contribution in [1.29, 1.82) is 0 Å². The van der Waals surface area contributed by atoms with Crippen LogP contribution in [-0.4, -0.2) is 22.7 Å². The van der Waals surface area contributed by atoms with Crippen molar-refractivity contribution in [2.45, 2.75) is 24.8 Å². The van der Waals surface area contributed by atoms with Gasteiger partial charge in [0.25, 0.3) is 0 Å². The molecule has 1 aliphatic heterocycles. The predicted molar refractivity (Wildman–Crippen MR) is 76.0 cm³/mol. The molecular formula is C15H16N4O. The molecule has 2 aliphatic rings. The first kappa shape index (κ1) is 11.7. The number of benzene rings is 1. The number of rotatable bonds is 3. The number of carbonyl (C=O) groups excluding carboxylic acids is 1. The number of likely N-dealkylation sites (N-methyl/N-ethyl adjacent to an activating group) is 1. The van der Waals surface area contributed by atoms with E-state index in [0.29, 0.717) is 5.92 Å². The van der Waals surface area contributed by atoms with E-state index in [4.69, 9.17) is 0 Å². The minimum atomic E-state index is -0.251. The van der Waals surface area contributed by atoms with Crippen molar-refractivity contribution in [3.63, 3.8) is 0 Å². The van der Waals surface area contributed by atoms with Gasteiger partial charge in [-0.1, -0.05) is 6.07 Å². The second-order valence-electron chi connectivity index (χ2n) is 5.44. The fraction of sp³-hybridized carbons (Fsp3) is 0.333. The minimum absolute atomic E-state index is 0.00113. The van der Waals surface area contributed by atoms with Crippen LogP contribution in [0.3, 0.4) is 0 Å². The molecule has 1 unspecified atom stereocenters. The summed E-state index contributed by atoms with van der Waals surface area (Å²) in [7, 11) is 1.79. The largest absolute Gasteiger partial charge is 0.324 e. The molecule has 0 spiro atoms. The quantitative estimate of drug-likeness (QED) is 0.894. The van der Waals surface area contributed by atoms with E-state index in [0.717, 1.165) is 16.9 Å². The van der Waals surface area contributed by atoms with E-state index in [1.165, 1.54) is 18.5 Å². The Morgan fingerprint density at radius 3 is 2.95 bits per heavy atom. The average Bonchev–Trinajstić information content (AvgIpc) is 3.09. The van der Waals surface area contributed by atoms with E-state index >= 15 is 0 Å². The number of carbonyl (C=O) groups is 1. The molecule has 1 aliphatic carbocycles. The van der Waals surface area contributed by atoms with Gasteiger partial charge in [-0.05, 0) is 38.1 Å². The van der Waals surface area contributed by atoms with Gasteiger partial charge in [-0.15, -0.1) is 0 Å². The van der Waals surface area contributed by atoms with Crippen LogP contribution in [0.5, 0.6) is 0 Å². The minimum Gasteiger partial charge on any atom is -0.324 e. The molecule has 0 saturated heterocycles. The molecule has 2 N–H and O–H groups in total. The van der Waals surface area contributed by atoms with Crippen molar-refractivity contribution in [3.8, 4) is 5.69 Å². The highest BCUT2D eigenvalue weighted by atomic mass is 16.2. The Morgan fingerprint density at radius 2 is 2.20 bits per heavy atom. The van der Waals surface area contributed by atoms with Gasteiger partial charge in [-0.3, -0.25) is 4.79 Å². The van der Waals surface area contributed by atoms with Gasteiger partial charge in [-0.25, -0.2) is 4.68 Å². The Balaban J connectivity index is 1.70. The van der Waals surface area contributed by atoms with E-state index in [2.05, 4.69) is 21.8 Å². The summed E-state index contributed by atoms with van der Waals surface area (Å²) in [6.45, 7) is 0. The van der Waals surface area contributed by atoms with Crippen LogP contribution in [0.2, 0.25) is 0 Å². The first-order chi connectivity index (χ1) is 9.76. The lowest BCUT2D eigenvalue weighted by Crippen LogP contribution is -2.23. The van der Waals surface area contributed by atoms with Crippen molar-refractivity contribution in [2.24, 2.45) is 0 Å². The van der Waals surface area contributed by atoms with Gasteiger partial charge < -0.3 is 10.6 Å². The number of aromatic nitrogens is 2. The third-order valence-corrected chi connectivity index (χ3v) is 4.03. The number of nitrogens with one attached hydrogen (secondary N) is 2. The first-order valence-corrected chi connectivity index (χ1v) is 6.94. The van der Waals surface area contributed by atoms with Gasteiger partial charge in [0.05, 0.1) is 11.4 Å². The summed E-state index contributed by atoms with van der Waals surface area (Å²) in [6.07, 6.45) is 4.49.